The molecule has 238 valence electrons. The third-order valence-electron chi connectivity index (χ3n) is 7.12. The maximum absolute atomic E-state index is 12.9. The number of likely N-dealkylation sites (N-methyl/N-ethyl adjacent to an activating group) is 1. The number of alkyl halides is 6. The van der Waals surface area contributed by atoms with E-state index in [1.807, 2.05) is 17.2 Å². The lowest BCUT2D eigenvalue weighted by Crippen LogP contribution is -2.58. The number of halogens is 6. The van der Waals surface area contributed by atoms with E-state index in [2.05, 4.69) is 50.9 Å². The van der Waals surface area contributed by atoms with Gasteiger partial charge in [0.15, 0.2) is 0 Å². The van der Waals surface area contributed by atoms with Crippen molar-refractivity contribution in [1.29, 1.82) is 0 Å². The third kappa shape index (κ3) is 7.89. The van der Waals surface area contributed by atoms with Crippen LogP contribution >= 0.6 is 0 Å². The van der Waals surface area contributed by atoms with Crippen molar-refractivity contribution in [2.45, 2.75) is 44.2 Å². The Labute approximate surface area is 246 Å². The molecule has 3 aromatic rings. The highest BCUT2D eigenvalue weighted by atomic mass is 19.4. The van der Waals surface area contributed by atoms with Crippen LogP contribution in [0.1, 0.15) is 35.9 Å². The minimum atomic E-state index is -5.08. The van der Waals surface area contributed by atoms with Crippen molar-refractivity contribution in [1.82, 2.24) is 29.5 Å². The molecule has 11 nitrogen and oxygen atoms in total. The minimum absolute atomic E-state index is 0.0342. The molecule has 17 heteroatoms. The second kappa shape index (κ2) is 13.8. The van der Waals surface area contributed by atoms with Gasteiger partial charge in [-0.2, -0.15) is 36.5 Å². The first-order valence-electron chi connectivity index (χ1n) is 13.1. The molecule has 44 heavy (non-hydrogen) atoms. The lowest BCUT2D eigenvalue weighted by Gasteiger charge is -2.50. The van der Waals surface area contributed by atoms with Crippen LogP contribution in [0.3, 0.4) is 0 Å². The van der Waals surface area contributed by atoms with Crippen LogP contribution in [0.2, 0.25) is 0 Å². The van der Waals surface area contributed by atoms with E-state index in [9.17, 15) is 31.1 Å². The highest BCUT2D eigenvalue weighted by molar-refractivity contribution is 5.93. The molecule has 0 atom stereocenters. The molecule has 2 aromatic heterocycles. The predicted octanol–water partition coefficient (Wildman–Crippen LogP) is 4.07. The fourth-order valence-corrected chi connectivity index (χ4v) is 5.07. The molecular formula is C27H28F6N6O5. The van der Waals surface area contributed by atoms with Crippen LogP contribution in [-0.4, -0.2) is 96.1 Å². The quantitative estimate of drug-likeness (QED) is 0.410. The number of rotatable bonds is 3. The Hall–Kier alpha value is -4.54. The first-order valence-corrected chi connectivity index (χ1v) is 13.1. The van der Waals surface area contributed by atoms with Gasteiger partial charge < -0.3 is 19.7 Å². The average molecular weight is 631 g/mol. The number of carboxylic acid groups (broad SMARTS) is 2. The molecule has 5 rings (SSSR count). The Morgan fingerprint density at radius 3 is 1.89 bits per heavy atom. The molecule has 2 aliphatic heterocycles. The molecule has 0 aliphatic carbocycles. The molecule has 2 N–H and O–H groups in total. The van der Waals surface area contributed by atoms with Crippen LogP contribution in [0.4, 0.5) is 26.3 Å². The number of likely N-dealkylation sites (tertiary alicyclic amines) is 1. The number of fused-ring (bicyclic) bond motifs is 2. The molecule has 1 amide bonds. The summed E-state index contributed by atoms with van der Waals surface area (Å²) in [6.07, 6.45) is -3.26. The summed E-state index contributed by atoms with van der Waals surface area (Å²) in [6, 6.07) is 12.2. The standard InChI is InChI=1S/C23H26N6O.2C2HF3O2/c1-2-28-14-15-29-20(18-6-4-3-5-7-18)17-24-22(29)23(28)9-12-27(13-10-23)21(30)19-8-11-25-26-16-19;2*3-2(4,5)1(6)7/h3-8,11,16-17H,2,9-10,12-15H2,1H3;2*(H,6,7). The van der Waals surface area contributed by atoms with E-state index in [0.717, 1.165) is 38.3 Å². The van der Waals surface area contributed by atoms with E-state index >= 15 is 0 Å². The number of hydrogen-bond donors (Lipinski definition) is 2. The summed E-state index contributed by atoms with van der Waals surface area (Å²) in [7, 11) is 0. The zero-order chi connectivity index (χ0) is 32.7. The zero-order valence-corrected chi connectivity index (χ0v) is 23.2. The molecular weight excluding hydrogens is 602 g/mol. The maximum atomic E-state index is 12.9. The molecule has 0 saturated carbocycles. The Kier molecular flexibility index (Phi) is 10.7. The van der Waals surface area contributed by atoms with Crippen molar-refractivity contribution in [3.8, 4) is 11.3 Å². The number of carboxylic acids is 2. The van der Waals surface area contributed by atoms with Crippen molar-refractivity contribution < 1.29 is 50.9 Å². The van der Waals surface area contributed by atoms with E-state index < -0.39 is 24.3 Å². The predicted molar refractivity (Wildman–Crippen MR) is 141 cm³/mol. The topological polar surface area (TPSA) is 142 Å². The first kappa shape index (κ1) is 34.0. The van der Waals surface area contributed by atoms with Crippen molar-refractivity contribution in [2.24, 2.45) is 0 Å². The maximum Gasteiger partial charge on any atom is 0.490 e. The van der Waals surface area contributed by atoms with Crippen molar-refractivity contribution in [3.63, 3.8) is 0 Å². The number of benzene rings is 1. The number of amides is 1. The molecule has 2 aliphatic rings. The Balaban J connectivity index is 0.000000317. The lowest BCUT2D eigenvalue weighted by molar-refractivity contribution is -0.193. The summed E-state index contributed by atoms with van der Waals surface area (Å²) in [4.78, 5) is 40.1. The highest BCUT2D eigenvalue weighted by Crippen LogP contribution is 2.42. The summed E-state index contributed by atoms with van der Waals surface area (Å²) in [6.45, 7) is 6.58. The van der Waals surface area contributed by atoms with Crippen LogP contribution < -0.4 is 0 Å². The monoisotopic (exact) mass is 630 g/mol. The Morgan fingerprint density at radius 2 is 1.41 bits per heavy atom. The normalized spacial score (nSPS) is 16.1. The fraction of sp³-hybridized carbons (Fsp3) is 0.407. The number of aliphatic carboxylic acids is 2. The smallest absolute Gasteiger partial charge is 0.475 e. The van der Waals surface area contributed by atoms with E-state index in [4.69, 9.17) is 24.8 Å². The molecule has 0 bridgehead atoms. The number of nitrogens with zero attached hydrogens (tertiary/aromatic N) is 6. The first-order chi connectivity index (χ1) is 20.6. The zero-order valence-electron chi connectivity index (χ0n) is 23.2. The number of imidazole rings is 1. The van der Waals surface area contributed by atoms with Crippen LogP contribution in [0, 0.1) is 0 Å². The highest BCUT2D eigenvalue weighted by Gasteiger charge is 2.47. The van der Waals surface area contributed by atoms with Gasteiger partial charge >= 0.3 is 24.3 Å². The summed E-state index contributed by atoms with van der Waals surface area (Å²) >= 11 is 0. The number of carbonyl (C=O) groups excluding carboxylic acids is 1. The number of carbonyl (C=O) groups is 3. The number of aromatic nitrogens is 4. The van der Waals surface area contributed by atoms with Gasteiger partial charge in [0.2, 0.25) is 0 Å². The molecule has 1 fully saturated rings. The van der Waals surface area contributed by atoms with E-state index in [1.54, 1.807) is 18.5 Å². The van der Waals surface area contributed by atoms with Gasteiger partial charge in [-0.05, 0) is 31.0 Å². The van der Waals surface area contributed by atoms with E-state index in [-0.39, 0.29) is 11.4 Å². The van der Waals surface area contributed by atoms with Gasteiger partial charge in [-0.3, -0.25) is 9.69 Å². The van der Waals surface area contributed by atoms with Gasteiger partial charge in [-0.25, -0.2) is 14.6 Å². The molecule has 1 aromatic carbocycles. The molecule has 0 radical (unpaired) electrons. The molecule has 0 unspecified atom stereocenters. The Morgan fingerprint density at radius 1 is 0.841 bits per heavy atom. The van der Waals surface area contributed by atoms with Crippen LogP contribution in [0.15, 0.2) is 55.0 Å². The second-order valence-electron chi connectivity index (χ2n) is 9.63. The molecule has 1 spiro atoms. The minimum Gasteiger partial charge on any atom is -0.475 e. The summed E-state index contributed by atoms with van der Waals surface area (Å²) in [5, 5.41) is 21.9. The van der Waals surface area contributed by atoms with Gasteiger partial charge in [0, 0.05) is 26.2 Å². The van der Waals surface area contributed by atoms with Crippen molar-refractivity contribution in [3.05, 3.63) is 66.4 Å². The number of piperidine rings is 1. The van der Waals surface area contributed by atoms with Gasteiger partial charge in [-0.15, -0.1) is 0 Å². The van der Waals surface area contributed by atoms with Crippen LogP contribution in [0.5, 0.6) is 0 Å². The van der Waals surface area contributed by atoms with Gasteiger partial charge in [0.25, 0.3) is 5.91 Å². The van der Waals surface area contributed by atoms with Crippen molar-refractivity contribution in [2.75, 3.05) is 26.2 Å². The summed E-state index contributed by atoms with van der Waals surface area (Å²) < 4.78 is 65.9. The van der Waals surface area contributed by atoms with E-state index in [1.165, 1.54) is 11.3 Å². The SMILES string of the molecule is CCN1CCn2c(-c3ccccc3)cnc2C12CCN(C(=O)c1ccnnc1)CC2.O=C(O)C(F)(F)F.O=C(O)C(F)(F)F. The fourth-order valence-electron chi connectivity index (χ4n) is 5.07. The molecule has 1 saturated heterocycles. The average Bonchev–Trinajstić information content (AvgIpc) is 3.43. The largest absolute Gasteiger partial charge is 0.490 e. The van der Waals surface area contributed by atoms with Gasteiger partial charge in [0.05, 0.1) is 35.4 Å². The van der Waals surface area contributed by atoms with Gasteiger partial charge in [-0.1, -0.05) is 37.3 Å². The number of hydrogen-bond acceptors (Lipinski definition) is 7. The third-order valence-corrected chi connectivity index (χ3v) is 7.12. The summed E-state index contributed by atoms with van der Waals surface area (Å²) in [5.74, 6) is -4.33. The second-order valence-corrected chi connectivity index (χ2v) is 9.63. The summed E-state index contributed by atoms with van der Waals surface area (Å²) in [5.41, 5.74) is 2.87. The van der Waals surface area contributed by atoms with E-state index in [0.29, 0.717) is 18.7 Å². The van der Waals surface area contributed by atoms with Crippen LogP contribution in [-0.2, 0) is 21.7 Å². The van der Waals surface area contributed by atoms with Gasteiger partial charge in [0.1, 0.15) is 5.82 Å². The molecule has 4 heterocycles. The Bertz CT molecular complexity index is 1400. The van der Waals surface area contributed by atoms with Crippen molar-refractivity contribution >= 4 is 17.8 Å². The lowest BCUT2D eigenvalue weighted by atomic mass is 9.83. The van der Waals surface area contributed by atoms with Crippen LogP contribution in [0.25, 0.3) is 11.3 Å².